The molecule has 0 saturated heterocycles. The second-order valence-electron chi connectivity index (χ2n) is 4.45. The van der Waals surface area contributed by atoms with Gasteiger partial charge in [0.05, 0.1) is 6.04 Å². The van der Waals surface area contributed by atoms with Crippen molar-refractivity contribution in [2.75, 3.05) is 0 Å². The van der Waals surface area contributed by atoms with Gasteiger partial charge in [0.1, 0.15) is 5.69 Å². The molecule has 3 nitrogen and oxygen atoms in total. The van der Waals surface area contributed by atoms with Crippen molar-refractivity contribution in [3.8, 4) is 0 Å². The number of rotatable bonds is 2. The quantitative estimate of drug-likeness (QED) is 0.697. The zero-order valence-electron chi connectivity index (χ0n) is 9.49. The van der Waals surface area contributed by atoms with Crippen LogP contribution in [0.15, 0.2) is 0 Å². The van der Waals surface area contributed by atoms with Crippen LogP contribution in [0.1, 0.15) is 59.9 Å². The summed E-state index contributed by atoms with van der Waals surface area (Å²) in [5.41, 5.74) is 2.80. The highest BCUT2D eigenvalue weighted by molar-refractivity contribution is 5.74. The first-order valence-electron chi connectivity index (χ1n) is 5.75. The van der Waals surface area contributed by atoms with Crippen molar-refractivity contribution in [2.45, 2.75) is 52.0 Å². The van der Waals surface area contributed by atoms with Crippen molar-refractivity contribution in [3.63, 3.8) is 0 Å². The van der Waals surface area contributed by atoms with E-state index in [2.05, 4.69) is 16.7 Å². The highest BCUT2D eigenvalue weighted by Gasteiger charge is 2.20. The SMILES string of the molecule is Cc1c(C=O)nn(C2CCCCC2)c1C. The summed E-state index contributed by atoms with van der Waals surface area (Å²) >= 11 is 0. The minimum Gasteiger partial charge on any atom is -0.296 e. The molecule has 0 aliphatic heterocycles. The van der Waals surface area contributed by atoms with Gasteiger partial charge in [-0.3, -0.25) is 9.48 Å². The molecule has 0 unspecified atom stereocenters. The summed E-state index contributed by atoms with van der Waals surface area (Å²) in [6.45, 7) is 4.04. The highest BCUT2D eigenvalue weighted by Crippen LogP contribution is 2.29. The van der Waals surface area contributed by atoms with Crippen LogP contribution in [0.4, 0.5) is 0 Å². The van der Waals surface area contributed by atoms with Gasteiger partial charge in [0.25, 0.3) is 0 Å². The maximum Gasteiger partial charge on any atom is 0.170 e. The van der Waals surface area contributed by atoms with E-state index in [1.165, 1.54) is 32.1 Å². The normalized spacial score (nSPS) is 18.0. The minimum absolute atomic E-state index is 0.520. The first-order valence-corrected chi connectivity index (χ1v) is 5.75. The average Bonchev–Trinajstić information content (AvgIpc) is 2.57. The Morgan fingerprint density at radius 2 is 1.93 bits per heavy atom. The van der Waals surface area contributed by atoms with Crippen molar-refractivity contribution in [2.24, 2.45) is 0 Å². The Morgan fingerprint density at radius 1 is 1.27 bits per heavy atom. The van der Waals surface area contributed by atoms with Gasteiger partial charge in [-0.15, -0.1) is 0 Å². The zero-order chi connectivity index (χ0) is 10.8. The second kappa shape index (κ2) is 4.17. The van der Waals surface area contributed by atoms with Crippen LogP contribution in [0.5, 0.6) is 0 Å². The molecule has 0 radical (unpaired) electrons. The number of carbonyl (C=O) groups is 1. The predicted molar refractivity (Wildman–Crippen MR) is 59.2 cm³/mol. The van der Waals surface area contributed by atoms with Crippen molar-refractivity contribution < 1.29 is 4.79 Å². The molecule has 0 amide bonds. The van der Waals surface area contributed by atoms with Gasteiger partial charge in [-0.1, -0.05) is 19.3 Å². The monoisotopic (exact) mass is 206 g/mol. The van der Waals surface area contributed by atoms with E-state index in [-0.39, 0.29) is 0 Å². The van der Waals surface area contributed by atoms with E-state index < -0.39 is 0 Å². The molecular weight excluding hydrogens is 188 g/mol. The van der Waals surface area contributed by atoms with Gasteiger partial charge in [0, 0.05) is 11.3 Å². The van der Waals surface area contributed by atoms with E-state index in [4.69, 9.17) is 0 Å². The minimum atomic E-state index is 0.520. The van der Waals surface area contributed by atoms with Gasteiger partial charge in [-0.25, -0.2) is 0 Å². The summed E-state index contributed by atoms with van der Waals surface area (Å²) in [5, 5.41) is 4.40. The molecule has 15 heavy (non-hydrogen) atoms. The summed E-state index contributed by atoms with van der Waals surface area (Å²) in [4.78, 5) is 10.8. The van der Waals surface area contributed by atoms with Gasteiger partial charge in [-0.05, 0) is 26.7 Å². The van der Waals surface area contributed by atoms with Gasteiger partial charge in [-0.2, -0.15) is 5.10 Å². The fourth-order valence-electron chi connectivity index (χ4n) is 2.42. The maximum atomic E-state index is 10.8. The van der Waals surface area contributed by atoms with Crippen molar-refractivity contribution in [1.82, 2.24) is 9.78 Å². The molecule has 1 fully saturated rings. The standard InChI is InChI=1S/C12H18N2O/c1-9-10(2)14(13-12(9)8-15)11-6-4-3-5-7-11/h8,11H,3-7H2,1-2H3. The summed E-state index contributed by atoms with van der Waals surface area (Å²) in [5.74, 6) is 0. The number of carbonyl (C=O) groups excluding carboxylic acids is 1. The molecule has 0 spiro atoms. The first kappa shape index (κ1) is 10.4. The van der Waals surface area contributed by atoms with Crippen LogP contribution in [-0.2, 0) is 0 Å². The molecule has 2 rings (SSSR count). The summed E-state index contributed by atoms with van der Waals surface area (Å²) in [7, 11) is 0. The molecule has 1 aliphatic rings. The lowest BCUT2D eigenvalue weighted by atomic mass is 9.95. The maximum absolute atomic E-state index is 10.8. The van der Waals surface area contributed by atoms with E-state index >= 15 is 0 Å². The molecule has 1 saturated carbocycles. The van der Waals surface area contributed by atoms with Crippen LogP contribution in [0.3, 0.4) is 0 Å². The van der Waals surface area contributed by atoms with Gasteiger partial charge >= 0.3 is 0 Å². The van der Waals surface area contributed by atoms with Crippen LogP contribution < -0.4 is 0 Å². The summed E-state index contributed by atoms with van der Waals surface area (Å²) in [6.07, 6.45) is 7.21. The summed E-state index contributed by atoms with van der Waals surface area (Å²) in [6, 6.07) is 0.520. The molecule has 3 heteroatoms. The van der Waals surface area contributed by atoms with Crippen LogP contribution in [0.25, 0.3) is 0 Å². The van der Waals surface area contributed by atoms with Crippen LogP contribution in [-0.4, -0.2) is 16.1 Å². The fraction of sp³-hybridized carbons (Fsp3) is 0.667. The van der Waals surface area contributed by atoms with E-state index in [0.717, 1.165) is 17.5 Å². The molecule has 0 N–H and O–H groups in total. The number of nitrogens with zero attached hydrogens (tertiary/aromatic N) is 2. The van der Waals surface area contributed by atoms with Gasteiger partial charge in [0.2, 0.25) is 0 Å². The first-order chi connectivity index (χ1) is 7.24. The largest absolute Gasteiger partial charge is 0.296 e. The average molecular weight is 206 g/mol. The Hall–Kier alpha value is -1.12. The second-order valence-corrected chi connectivity index (χ2v) is 4.45. The van der Waals surface area contributed by atoms with E-state index in [1.54, 1.807) is 0 Å². The molecular formula is C12H18N2O. The molecule has 1 aromatic rings. The number of aromatic nitrogens is 2. The Balaban J connectivity index is 2.30. The lowest BCUT2D eigenvalue weighted by Gasteiger charge is -2.23. The van der Waals surface area contributed by atoms with Crippen LogP contribution in [0, 0.1) is 13.8 Å². The third kappa shape index (κ3) is 1.83. The Morgan fingerprint density at radius 3 is 2.47 bits per heavy atom. The highest BCUT2D eigenvalue weighted by atomic mass is 16.1. The van der Waals surface area contributed by atoms with Crippen molar-refractivity contribution in [1.29, 1.82) is 0 Å². The van der Waals surface area contributed by atoms with E-state index in [9.17, 15) is 4.79 Å². The Labute approximate surface area is 90.5 Å². The molecule has 0 atom stereocenters. The predicted octanol–water partition coefficient (Wildman–Crippen LogP) is 2.82. The van der Waals surface area contributed by atoms with Gasteiger partial charge in [0.15, 0.2) is 6.29 Å². The molecule has 0 bridgehead atoms. The van der Waals surface area contributed by atoms with Crippen LogP contribution in [0.2, 0.25) is 0 Å². The van der Waals surface area contributed by atoms with Crippen LogP contribution >= 0.6 is 0 Å². The van der Waals surface area contributed by atoms with Crippen molar-refractivity contribution in [3.05, 3.63) is 17.0 Å². The van der Waals surface area contributed by atoms with Crippen molar-refractivity contribution >= 4 is 6.29 Å². The lowest BCUT2D eigenvalue weighted by molar-refractivity contribution is 0.111. The Bertz CT molecular complexity index is 362. The number of hydrogen-bond acceptors (Lipinski definition) is 2. The third-order valence-electron chi connectivity index (χ3n) is 3.52. The number of hydrogen-bond donors (Lipinski definition) is 0. The third-order valence-corrected chi connectivity index (χ3v) is 3.52. The molecule has 1 heterocycles. The summed E-state index contributed by atoms with van der Waals surface area (Å²) < 4.78 is 2.07. The fourth-order valence-corrected chi connectivity index (χ4v) is 2.42. The van der Waals surface area contributed by atoms with E-state index in [1.807, 2.05) is 6.92 Å². The number of aldehydes is 1. The molecule has 0 aromatic carbocycles. The van der Waals surface area contributed by atoms with Gasteiger partial charge < -0.3 is 0 Å². The Kier molecular flexibility index (Phi) is 2.89. The lowest BCUT2D eigenvalue weighted by Crippen LogP contribution is -2.15. The molecule has 1 aliphatic carbocycles. The zero-order valence-corrected chi connectivity index (χ0v) is 9.49. The smallest absolute Gasteiger partial charge is 0.170 e. The molecule has 82 valence electrons. The van der Waals surface area contributed by atoms with E-state index in [0.29, 0.717) is 11.7 Å². The molecule has 1 aromatic heterocycles. The topological polar surface area (TPSA) is 34.9 Å².